The Hall–Kier alpha value is -0.790. The summed E-state index contributed by atoms with van der Waals surface area (Å²) in [5.41, 5.74) is 0. The van der Waals surface area contributed by atoms with Crippen molar-refractivity contribution < 1.29 is 0 Å². The first kappa shape index (κ1) is 12.3. The van der Waals surface area contributed by atoms with E-state index in [1.165, 1.54) is 19.3 Å². The van der Waals surface area contributed by atoms with Crippen molar-refractivity contribution in [3.63, 3.8) is 0 Å². The summed E-state index contributed by atoms with van der Waals surface area (Å²) < 4.78 is 2.13. The zero-order valence-electron chi connectivity index (χ0n) is 10.5. The first-order valence-electron chi connectivity index (χ1n) is 6.12. The van der Waals surface area contributed by atoms with E-state index in [2.05, 4.69) is 43.7 Å². The second-order valence-electron chi connectivity index (χ2n) is 5.02. The van der Waals surface area contributed by atoms with Gasteiger partial charge in [-0.25, -0.2) is 0 Å². The van der Waals surface area contributed by atoms with E-state index in [0.29, 0.717) is 6.04 Å². The van der Waals surface area contributed by atoms with Crippen LogP contribution in [0.2, 0.25) is 0 Å². The molecule has 0 bridgehead atoms. The minimum Gasteiger partial charge on any atom is -0.270 e. The second kappa shape index (κ2) is 5.94. The molecule has 0 spiro atoms. The molecule has 15 heavy (non-hydrogen) atoms. The Morgan fingerprint density at radius 3 is 2.40 bits per heavy atom. The highest BCUT2D eigenvalue weighted by Gasteiger charge is 2.15. The van der Waals surface area contributed by atoms with Gasteiger partial charge in [-0.05, 0) is 30.7 Å². The van der Waals surface area contributed by atoms with Crippen molar-refractivity contribution in [2.45, 2.75) is 53.0 Å². The average Bonchev–Trinajstić information content (AvgIpc) is 2.68. The van der Waals surface area contributed by atoms with Crippen LogP contribution in [0.4, 0.5) is 0 Å². The van der Waals surface area contributed by atoms with Gasteiger partial charge in [0.15, 0.2) is 0 Å². The molecule has 0 radical (unpaired) electrons. The van der Waals surface area contributed by atoms with Crippen LogP contribution < -0.4 is 0 Å². The van der Waals surface area contributed by atoms with Crippen LogP contribution in [-0.2, 0) is 0 Å². The molecule has 0 N–H and O–H groups in total. The van der Waals surface area contributed by atoms with E-state index in [1.807, 2.05) is 12.3 Å². The Kier molecular flexibility index (Phi) is 4.86. The van der Waals surface area contributed by atoms with Gasteiger partial charge in [-0.2, -0.15) is 5.10 Å². The zero-order chi connectivity index (χ0) is 11.3. The molecule has 1 aromatic rings. The van der Waals surface area contributed by atoms with E-state index in [4.69, 9.17) is 0 Å². The minimum atomic E-state index is 0.579. The Labute approximate surface area is 93.7 Å². The maximum atomic E-state index is 4.37. The molecule has 1 rings (SSSR count). The van der Waals surface area contributed by atoms with Gasteiger partial charge in [0.05, 0.1) is 6.04 Å². The summed E-state index contributed by atoms with van der Waals surface area (Å²) in [6.45, 7) is 9.16. The molecule has 0 saturated carbocycles. The topological polar surface area (TPSA) is 17.8 Å². The highest BCUT2D eigenvalue weighted by molar-refractivity contribution is 4.82. The van der Waals surface area contributed by atoms with E-state index in [-0.39, 0.29) is 0 Å². The van der Waals surface area contributed by atoms with Crippen molar-refractivity contribution in [1.29, 1.82) is 0 Å². The molecule has 1 heterocycles. The number of nitrogens with zero attached hydrogens (tertiary/aromatic N) is 2. The number of hydrogen-bond donors (Lipinski definition) is 0. The Bertz CT molecular complexity index is 252. The van der Waals surface area contributed by atoms with Gasteiger partial charge in [-0.3, -0.25) is 4.68 Å². The standard InChI is InChI=1S/C13H24N2/c1-5-12(4)10-13(9-11(2)3)15-8-6-7-14-15/h6-8,11-13H,5,9-10H2,1-4H3. The maximum absolute atomic E-state index is 4.37. The quantitative estimate of drug-likeness (QED) is 0.693. The molecule has 0 aromatic carbocycles. The molecule has 0 fully saturated rings. The largest absolute Gasteiger partial charge is 0.270 e. The summed E-state index contributed by atoms with van der Waals surface area (Å²) in [4.78, 5) is 0. The molecule has 2 atom stereocenters. The van der Waals surface area contributed by atoms with Crippen molar-refractivity contribution in [3.8, 4) is 0 Å². The summed E-state index contributed by atoms with van der Waals surface area (Å²) >= 11 is 0. The summed E-state index contributed by atoms with van der Waals surface area (Å²) in [5, 5.41) is 4.37. The average molecular weight is 208 g/mol. The van der Waals surface area contributed by atoms with Gasteiger partial charge in [0, 0.05) is 12.4 Å². The highest BCUT2D eigenvalue weighted by Crippen LogP contribution is 2.25. The first-order valence-corrected chi connectivity index (χ1v) is 6.12. The molecule has 0 amide bonds. The fraction of sp³-hybridized carbons (Fsp3) is 0.769. The monoisotopic (exact) mass is 208 g/mol. The normalized spacial score (nSPS) is 15.5. The molecule has 0 aliphatic heterocycles. The third-order valence-corrected chi connectivity index (χ3v) is 3.01. The van der Waals surface area contributed by atoms with E-state index < -0.39 is 0 Å². The van der Waals surface area contributed by atoms with Crippen molar-refractivity contribution in [3.05, 3.63) is 18.5 Å². The third kappa shape index (κ3) is 4.06. The lowest BCUT2D eigenvalue weighted by molar-refractivity contribution is 0.304. The molecular formula is C13H24N2. The van der Waals surface area contributed by atoms with Crippen LogP contribution in [0.15, 0.2) is 18.5 Å². The molecule has 2 heteroatoms. The van der Waals surface area contributed by atoms with E-state index in [0.717, 1.165) is 11.8 Å². The summed E-state index contributed by atoms with van der Waals surface area (Å²) in [7, 11) is 0. The summed E-state index contributed by atoms with van der Waals surface area (Å²) in [6, 6.07) is 2.60. The molecule has 0 aliphatic rings. The number of rotatable bonds is 6. The lowest BCUT2D eigenvalue weighted by atomic mass is 9.93. The van der Waals surface area contributed by atoms with Crippen LogP contribution in [0.1, 0.15) is 53.0 Å². The molecule has 1 aromatic heterocycles. The van der Waals surface area contributed by atoms with Gasteiger partial charge in [0.25, 0.3) is 0 Å². The molecule has 2 nitrogen and oxygen atoms in total. The highest BCUT2D eigenvalue weighted by atomic mass is 15.3. The maximum Gasteiger partial charge on any atom is 0.0524 e. The molecular weight excluding hydrogens is 184 g/mol. The lowest BCUT2D eigenvalue weighted by Gasteiger charge is -2.22. The molecule has 0 aliphatic carbocycles. The minimum absolute atomic E-state index is 0.579. The first-order chi connectivity index (χ1) is 7.13. The van der Waals surface area contributed by atoms with Gasteiger partial charge in [0.2, 0.25) is 0 Å². The summed E-state index contributed by atoms with van der Waals surface area (Å²) in [6.07, 6.45) is 7.71. The Morgan fingerprint density at radius 1 is 1.20 bits per heavy atom. The third-order valence-electron chi connectivity index (χ3n) is 3.01. The fourth-order valence-electron chi connectivity index (χ4n) is 1.98. The van der Waals surface area contributed by atoms with E-state index >= 15 is 0 Å². The molecule has 2 unspecified atom stereocenters. The van der Waals surface area contributed by atoms with Gasteiger partial charge in [0.1, 0.15) is 0 Å². The van der Waals surface area contributed by atoms with Gasteiger partial charge < -0.3 is 0 Å². The molecule has 0 saturated heterocycles. The van der Waals surface area contributed by atoms with Crippen molar-refractivity contribution in [2.75, 3.05) is 0 Å². The Morgan fingerprint density at radius 2 is 1.93 bits per heavy atom. The van der Waals surface area contributed by atoms with Crippen molar-refractivity contribution >= 4 is 0 Å². The SMILES string of the molecule is CCC(C)CC(CC(C)C)n1cccn1. The van der Waals surface area contributed by atoms with Crippen LogP contribution in [0, 0.1) is 11.8 Å². The predicted octanol–water partition coefficient (Wildman–Crippen LogP) is 3.91. The van der Waals surface area contributed by atoms with Crippen molar-refractivity contribution in [1.82, 2.24) is 9.78 Å². The predicted molar refractivity (Wildman–Crippen MR) is 64.8 cm³/mol. The summed E-state index contributed by atoms with van der Waals surface area (Å²) in [5.74, 6) is 1.53. The van der Waals surface area contributed by atoms with Gasteiger partial charge in [-0.1, -0.05) is 34.1 Å². The van der Waals surface area contributed by atoms with Crippen molar-refractivity contribution in [2.24, 2.45) is 11.8 Å². The number of hydrogen-bond acceptors (Lipinski definition) is 1. The van der Waals surface area contributed by atoms with Gasteiger partial charge >= 0.3 is 0 Å². The number of aromatic nitrogens is 2. The Balaban J connectivity index is 2.61. The van der Waals surface area contributed by atoms with Crippen LogP contribution in [0.5, 0.6) is 0 Å². The van der Waals surface area contributed by atoms with Crippen LogP contribution in [0.25, 0.3) is 0 Å². The second-order valence-corrected chi connectivity index (χ2v) is 5.02. The lowest BCUT2D eigenvalue weighted by Crippen LogP contribution is -2.15. The van der Waals surface area contributed by atoms with Crippen LogP contribution in [0.3, 0.4) is 0 Å². The van der Waals surface area contributed by atoms with Gasteiger partial charge in [-0.15, -0.1) is 0 Å². The van der Waals surface area contributed by atoms with Crippen LogP contribution in [-0.4, -0.2) is 9.78 Å². The van der Waals surface area contributed by atoms with E-state index in [1.54, 1.807) is 0 Å². The fourth-order valence-corrected chi connectivity index (χ4v) is 1.98. The van der Waals surface area contributed by atoms with E-state index in [9.17, 15) is 0 Å². The zero-order valence-corrected chi connectivity index (χ0v) is 10.5. The smallest absolute Gasteiger partial charge is 0.0524 e. The molecule has 86 valence electrons. The van der Waals surface area contributed by atoms with Crippen LogP contribution >= 0.6 is 0 Å².